The number of nitrogens with two attached hydrogens (primary N) is 1. The highest BCUT2D eigenvalue weighted by Gasteiger charge is 2.46. The van der Waals surface area contributed by atoms with E-state index in [1.807, 2.05) is 10.9 Å². The quantitative estimate of drug-likeness (QED) is 0.790. The van der Waals surface area contributed by atoms with Crippen LogP contribution in [-0.4, -0.2) is 9.78 Å². The molecule has 2 atom stereocenters. The van der Waals surface area contributed by atoms with E-state index >= 15 is 0 Å². The van der Waals surface area contributed by atoms with Gasteiger partial charge in [-0.25, -0.2) is 0 Å². The first kappa shape index (κ1) is 8.33. The van der Waals surface area contributed by atoms with E-state index in [0.29, 0.717) is 0 Å². The predicted molar refractivity (Wildman–Crippen MR) is 55.6 cm³/mol. The zero-order valence-corrected chi connectivity index (χ0v) is 8.39. The molecule has 1 aromatic rings. The molecule has 3 nitrogen and oxygen atoms in total. The SMILES string of the molecule is Nc1cnn(CCC2CC2C2CC2)c1. The van der Waals surface area contributed by atoms with Crippen LogP contribution >= 0.6 is 0 Å². The fourth-order valence-electron chi connectivity index (χ4n) is 2.50. The Morgan fingerprint density at radius 1 is 1.50 bits per heavy atom. The van der Waals surface area contributed by atoms with Gasteiger partial charge in [0.1, 0.15) is 0 Å². The van der Waals surface area contributed by atoms with Gasteiger partial charge in [0.05, 0.1) is 11.9 Å². The summed E-state index contributed by atoms with van der Waals surface area (Å²) in [6.07, 6.45) is 9.41. The Bertz CT molecular complexity index is 327. The first-order valence-corrected chi connectivity index (χ1v) is 5.61. The summed E-state index contributed by atoms with van der Waals surface area (Å²) < 4.78 is 1.97. The molecule has 0 radical (unpaired) electrons. The molecule has 2 N–H and O–H groups in total. The minimum Gasteiger partial charge on any atom is -0.396 e. The van der Waals surface area contributed by atoms with E-state index < -0.39 is 0 Å². The molecule has 2 unspecified atom stereocenters. The monoisotopic (exact) mass is 191 g/mol. The Kier molecular flexibility index (Phi) is 1.79. The number of aryl methyl sites for hydroxylation is 1. The minimum absolute atomic E-state index is 0.777. The van der Waals surface area contributed by atoms with E-state index in [0.717, 1.165) is 30.0 Å². The van der Waals surface area contributed by atoms with E-state index in [1.54, 1.807) is 6.20 Å². The lowest BCUT2D eigenvalue weighted by atomic mass is 10.2. The summed E-state index contributed by atoms with van der Waals surface area (Å²) >= 11 is 0. The molecule has 3 rings (SSSR count). The van der Waals surface area contributed by atoms with Crippen LogP contribution in [0.5, 0.6) is 0 Å². The molecule has 2 saturated carbocycles. The van der Waals surface area contributed by atoms with Crippen LogP contribution < -0.4 is 5.73 Å². The van der Waals surface area contributed by atoms with Gasteiger partial charge in [-0.15, -0.1) is 0 Å². The van der Waals surface area contributed by atoms with Crippen molar-refractivity contribution in [2.45, 2.75) is 32.2 Å². The van der Waals surface area contributed by atoms with Crippen LogP contribution in [0.25, 0.3) is 0 Å². The molecule has 2 fully saturated rings. The van der Waals surface area contributed by atoms with Crippen LogP contribution in [0.1, 0.15) is 25.7 Å². The maximum Gasteiger partial charge on any atom is 0.0719 e. The van der Waals surface area contributed by atoms with Gasteiger partial charge in [-0.2, -0.15) is 5.10 Å². The van der Waals surface area contributed by atoms with E-state index in [-0.39, 0.29) is 0 Å². The maximum absolute atomic E-state index is 5.60. The van der Waals surface area contributed by atoms with Crippen molar-refractivity contribution >= 4 is 5.69 Å². The lowest BCUT2D eigenvalue weighted by Gasteiger charge is -2.00. The highest BCUT2D eigenvalue weighted by Crippen LogP contribution is 2.55. The second kappa shape index (κ2) is 3.01. The molecule has 0 saturated heterocycles. The molecule has 1 aromatic heterocycles. The third-order valence-corrected chi connectivity index (χ3v) is 3.59. The molecule has 1 heterocycles. The molecule has 2 aliphatic carbocycles. The van der Waals surface area contributed by atoms with Crippen molar-refractivity contribution in [1.29, 1.82) is 0 Å². The molecule has 3 heteroatoms. The maximum atomic E-state index is 5.60. The minimum atomic E-state index is 0.777. The van der Waals surface area contributed by atoms with Crippen LogP contribution in [0.3, 0.4) is 0 Å². The van der Waals surface area contributed by atoms with Gasteiger partial charge in [0.2, 0.25) is 0 Å². The first-order valence-electron chi connectivity index (χ1n) is 5.61. The van der Waals surface area contributed by atoms with Gasteiger partial charge in [-0.3, -0.25) is 4.68 Å². The molecule has 0 spiro atoms. The Morgan fingerprint density at radius 2 is 2.36 bits per heavy atom. The summed E-state index contributed by atoms with van der Waals surface area (Å²) in [5, 5.41) is 4.19. The number of hydrogen-bond donors (Lipinski definition) is 1. The Morgan fingerprint density at radius 3 is 3.00 bits per heavy atom. The largest absolute Gasteiger partial charge is 0.396 e. The molecule has 0 amide bonds. The van der Waals surface area contributed by atoms with Gasteiger partial charge >= 0.3 is 0 Å². The van der Waals surface area contributed by atoms with Gasteiger partial charge in [0, 0.05) is 12.7 Å². The van der Waals surface area contributed by atoms with Crippen LogP contribution in [0, 0.1) is 17.8 Å². The van der Waals surface area contributed by atoms with Crippen LogP contribution in [-0.2, 0) is 6.54 Å². The number of rotatable bonds is 4. The summed E-state index contributed by atoms with van der Waals surface area (Å²) in [5.41, 5.74) is 6.38. The highest BCUT2D eigenvalue weighted by atomic mass is 15.3. The normalized spacial score (nSPS) is 30.6. The summed E-state index contributed by atoms with van der Waals surface area (Å²) in [6, 6.07) is 0. The molecule has 14 heavy (non-hydrogen) atoms. The first-order chi connectivity index (χ1) is 6.83. The van der Waals surface area contributed by atoms with Gasteiger partial charge in [0.15, 0.2) is 0 Å². The van der Waals surface area contributed by atoms with E-state index in [1.165, 1.54) is 25.7 Å². The van der Waals surface area contributed by atoms with Gasteiger partial charge in [-0.05, 0) is 43.4 Å². The van der Waals surface area contributed by atoms with Crippen molar-refractivity contribution in [3.8, 4) is 0 Å². The lowest BCUT2D eigenvalue weighted by Crippen LogP contribution is -2.00. The summed E-state index contributed by atoms with van der Waals surface area (Å²) in [7, 11) is 0. The molecule has 76 valence electrons. The van der Waals surface area contributed by atoms with Gasteiger partial charge < -0.3 is 5.73 Å². The van der Waals surface area contributed by atoms with E-state index in [2.05, 4.69) is 5.10 Å². The van der Waals surface area contributed by atoms with Crippen molar-refractivity contribution in [1.82, 2.24) is 9.78 Å². The lowest BCUT2D eigenvalue weighted by molar-refractivity contribution is 0.509. The Balaban J connectivity index is 1.46. The number of nitrogen functional groups attached to an aromatic ring is 1. The number of anilines is 1. The smallest absolute Gasteiger partial charge is 0.0719 e. The van der Waals surface area contributed by atoms with E-state index in [4.69, 9.17) is 5.73 Å². The highest BCUT2D eigenvalue weighted by molar-refractivity contribution is 5.30. The topological polar surface area (TPSA) is 43.8 Å². The molecule has 0 aromatic carbocycles. The van der Waals surface area contributed by atoms with Crippen LogP contribution in [0.2, 0.25) is 0 Å². The van der Waals surface area contributed by atoms with Crippen LogP contribution in [0.4, 0.5) is 5.69 Å². The molecule has 2 aliphatic rings. The van der Waals surface area contributed by atoms with Crippen molar-refractivity contribution in [2.24, 2.45) is 17.8 Å². The number of nitrogens with zero attached hydrogens (tertiary/aromatic N) is 2. The molecular formula is C11H17N3. The zero-order chi connectivity index (χ0) is 9.54. The molecular weight excluding hydrogens is 174 g/mol. The number of aromatic nitrogens is 2. The zero-order valence-electron chi connectivity index (χ0n) is 8.39. The van der Waals surface area contributed by atoms with Crippen molar-refractivity contribution in [3.05, 3.63) is 12.4 Å². The Hall–Kier alpha value is -0.990. The second-order valence-electron chi connectivity index (χ2n) is 4.82. The molecule has 0 aliphatic heterocycles. The fraction of sp³-hybridized carbons (Fsp3) is 0.727. The average molecular weight is 191 g/mol. The van der Waals surface area contributed by atoms with Crippen molar-refractivity contribution in [3.63, 3.8) is 0 Å². The fourth-order valence-corrected chi connectivity index (χ4v) is 2.50. The van der Waals surface area contributed by atoms with Crippen molar-refractivity contribution in [2.75, 3.05) is 5.73 Å². The third kappa shape index (κ3) is 1.63. The van der Waals surface area contributed by atoms with Gasteiger partial charge in [-0.1, -0.05) is 0 Å². The van der Waals surface area contributed by atoms with Crippen molar-refractivity contribution < 1.29 is 0 Å². The summed E-state index contributed by atoms with van der Waals surface area (Å²) in [6.45, 7) is 1.05. The summed E-state index contributed by atoms with van der Waals surface area (Å²) in [5.74, 6) is 3.17. The van der Waals surface area contributed by atoms with Crippen LogP contribution in [0.15, 0.2) is 12.4 Å². The Labute approximate surface area is 84.3 Å². The standard InChI is InChI=1S/C11H17N3/c12-10-6-13-14(7-10)4-3-9-5-11(9)8-1-2-8/h6-9,11H,1-5,12H2. The third-order valence-electron chi connectivity index (χ3n) is 3.59. The number of hydrogen-bond acceptors (Lipinski definition) is 2. The summed E-state index contributed by atoms with van der Waals surface area (Å²) in [4.78, 5) is 0. The van der Waals surface area contributed by atoms with E-state index in [9.17, 15) is 0 Å². The average Bonchev–Trinajstić information content (AvgIpc) is 3.03. The molecule has 0 bridgehead atoms. The predicted octanol–water partition coefficient (Wildman–Crippen LogP) is 1.90. The second-order valence-corrected chi connectivity index (χ2v) is 4.82. The van der Waals surface area contributed by atoms with Gasteiger partial charge in [0.25, 0.3) is 0 Å².